The molecule has 1 saturated heterocycles. The number of halogens is 1. The number of carbonyl (C=O) groups is 1. The van der Waals surface area contributed by atoms with E-state index in [0.717, 1.165) is 39.9 Å². The zero-order valence-corrected chi connectivity index (χ0v) is 25.3. The summed E-state index contributed by atoms with van der Waals surface area (Å²) in [5, 5.41) is 0.676. The van der Waals surface area contributed by atoms with Crippen molar-refractivity contribution in [2.24, 2.45) is 11.8 Å². The van der Waals surface area contributed by atoms with E-state index in [4.69, 9.17) is 30.5 Å². The van der Waals surface area contributed by atoms with Gasteiger partial charge in [0, 0.05) is 16.9 Å². The summed E-state index contributed by atoms with van der Waals surface area (Å²) in [6.07, 6.45) is 0.317. The highest BCUT2D eigenvalue weighted by Crippen LogP contribution is 2.62. The molecule has 0 amide bonds. The van der Waals surface area contributed by atoms with Gasteiger partial charge < -0.3 is 23.7 Å². The largest absolute Gasteiger partial charge is 0.494 e. The Bertz CT molecular complexity index is 1510. The molecule has 0 N–H and O–H groups in total. The molecule has 0 spiro atoms. The first kappa shape index (κ1) is 29.6. The Morgan fingerprint density at radius 3 is 2.05 bits per heavy atom. The van der Waals surface area contributed by atoms with Crippen molar-refractivity contribution >= 4 is 17.9 Å². The average molecular weight is 597 g/mol. The van der Waals surface area contributed by atoms with Gasteiger partial charge in [0.2, 0.25) is 0 Å². The molecule has 5 nitrogen and oxygen atoms in total. The van der Waals surface area contributed by atoms with Gasteiger partial charge in [-0.05, 0) is 59.4 Å². The first-order chi connectivity index (χ1) is 21.0. The van der Waals surface area contributed by atoms with Gasteiger partial charge in [-0.3, -0.25) is 0 Å². The van der Waals surface area contributed by atoms with Crippen LogP contribution in [0, 0.1) is 11.8 Å². The Hall–Kier alpha value is -3.48. The molecular weight excluding hydrogens is 560 g/mol. The molecule has 2 aliphatic rings. The summed E-state index contributed by atoms with van der Waals surface area (Å²) in [7, 11) is 0. The van der Waals surface area contributed by atoms with Crippen LogP contribution in [0.1, 0.15) is 47.8 Å². The molecule has 0 aromatic heterocycles. The number of rotatable bonds is 12. The van der Waals surface area contributed by atoms with Crippen molar-refractivity contribution in [2.45, 2.75) is 57.4 Å². The first-order valence-electron chi connectivity index (χ1n) is 15.0. The lowest BCUT2D eigenvalue weighted by Gasteiger charge is -2.40. The summed E-state index contributed by atoms with van der Waals surface area (Å²) in [5.74, 6) is 0.754. The fraction of sp³-hybridized carbons (Fsp3) is 0.324. The van der Waals surface area contributed by atoms with Crippen LogP contribution in [0.25, 0.3) is 0 Å². The SMILES string of the molecule is CCOc1ccc(Cc2cc(C3OC4(C=O)C(C)C4C(OCc4ccccc4)C3OCc3ccccc3)ccc2Cl)cc1. The number of hydrogen-bond donors (Lipinski definition) is 0. The van der Waals surface area contributed by atoms with Crippen molar-refractivity contribution in [3.63, 3.8) is 0 Å². The monoisotopic (exact) mass is 596 g/mol. The molecule has 4 aromatic rings. The predicted octanol–water partition coefficient (Wildman–Crippen LogP) is 7.78. The van der Waals surface area contributed by atoms with Crippen LogP contribution in [-0.4, -0.2) is 30.7 Å². The molecule has 6 rings (SSSR count). The van der Waals surface area contributed by atoms with Crippen LogP contribution in [-0.2, 0) is 38.6 Å². The highest BCUT2D eigenvalue weighted by Gasteiger charge is 2.73. The second-order valence-corrected chi connectivity index (χ2v) is 11.9. The molecule has 2 fully saturated rings. The molecular formula is C37H37ClO5. The van der Waals surface area contributed by atoms with Crippen molar-refractivity contribution in [3.05, 3.63) is 136 Å². The van der Waals surface area contributed by atoms with Gasteiger partial charge in [0.1, 0.15) is 23.6 Å². The number of benzene rings is 4. The molecule has 1 aliphatic carbocycles. The molecule has 6 atom stereocenters. The standard InChI is InChI=1S/C37H37ClO5/c1-3-40-31-17-14-26(15-18-31)20-30-21-29(16-19-32(30)38)34-36(42-23-28-12-8-5-9-13-28)35(33-25(2)37(33,24-39)43-34)41-22-27-10-6-4-7-11-27/h4-19,21,24-25,33-36H,3,20,22-23H2,1-2H3. The molecule has 6 heteroatoms. The molecule has 1 saturated carbocycles. The van der Waals surface area contributed by atoms with Crippen LogP contribution in [0.4, 0.5) is 0 Å². The molecule has 1 heterocycles. The molecule has 1 aliphatic heterocycles. The summed E-state index contributed by atoms with van der Waals surface area (Å²) in [4.78, 5) is 12.6. The Morgan fingerprint density at radius 1 is 0.814 bits per heavy atom. The van der Waals surface area contributed by atoms with Crippen LogP contribution in [0.5, 0.6) is 5.75 Å². The van der Waals surface area contributed by atoms with E-state index in [1.165, 1.54) is 0 Å². The molecule has 0 radical (unpaired) electrons. The fourth-order valence-electron chi connectivity index (χ4n) is 6.36. The maximum absolute atomic E-state index is 12.6. The second kappa shape index (κ2) is 13.0. The van der Waals surface area contributed by atoms with Gasteiger partial charge >= 0.3 is 0 Å². The first-order valence-corrected chi connectivity index (χ1v) is 15.4. The Balaban J connectivity index is 1.32. The second-order valence-electron chi connectivity index (χ2n) is 11.5. The highest BCUT2D eigenvalue weighted by molar-refractivity contribution is 6.31. The van der Waals surface area contributed by atoms with E-state index in [-0.39, 0.29) is 17.9 Å². The van der Waals surface area contributed by atoms with Crippen molar-refractivity contribution < 1.29 is 23.7 Å². The minimum atomic E-state index is -0.909. The number of ether oxygens (including phenoxy) is 4. The third-order valence-electron chi connectivity index (χ3n) is 8.75. The number of carbonyl (C=O) groups excluding carboxylic acids is 1. The number of aldehydes is 1. The average Bonchev–Trinajstić information content (AvgIpc) is 3.65. The molecule has 222 valence electrons. The van der Waals surface area contributed by atoms with Crippen LogP contribution in [0.3, 0.4) is 0 Å². The summed E-state index contributed by atoms with van der Waals surface area (Å²) in [6.45, 7) is 5.48. The zero-order valence-electron chi connectivity index (χ0n) is 24.5. The summed E-state index contributed by atoms with van der Waals surface area (Å²) in [5.41, 5.74) is 4.23. The van der Waals surface area contributed by atoms with E-state index in [0.29, 0.717) is 31.3 Å². The zero-order chi connectivity index (χ0) is 29.8. The third-order valence-corrected chi connectivity index (χ3v) is 9.12. The summed E-state index contributed by atoms with van der Waals surface area (Å²) >= 11 is 6.73. The van der Waals surface area contributed by atoms with Crippen molar-refractivity contribution in [1.82, 2.24) is 0 Å². The topological polar surface area (TPSA) is 54.0 Å². The quantitative estimate of drug-likeness (QED) is 0.156. The minimum Gasteiger partial charge on any atom is -0.494 e. The van der Waals surface area contributed by atoms with Crippen LogP contribution in [0.15, 0.2) is 103 Å². The smallest absolute Gasteiger partial charge is 0.152 e. The lowest BCUT2D eigenvalue weighted by atomic mass is 9.91. The van der Waals surface area contributed by atoms with E-state index in [9.17, 15) is 4.79 Å². The molecule has 4 aromatic carbocycles. The van der Waals surface area contributed by atoms with E-state index >= 15 is 0 Å². The Kier molecular flexibility index (Phi) is 8.96. The minimum absolute atomic E-state index is 0.00854. The lowest BCUT2D eigenvalue weighted by Crippen LogP contribution is -2.48. The van der Waals surface area contributed by atoms with Crippen LogP contribution < -0.4 is 4.74 Å². The number of fused-ring (bicyclic) bond motifs is 1. The van der Waals surface area contributed by atoms with Crippen molar-refractivity contribution in [2.75, 3.05) is 6.61 Å². The van der Waals surface area contributed by atoms with Gasteiger partial charge in [-0.15, -0.1) is 0 Å². The van der Waals surface area contributed by atoms with Gasteiger partial charge in [-0.1, -0.05) is 103 Å². The van der Waals surface area contributed by atoms with E-state index in [1.807, 2.05) is 91.9 Å². The van der Waals surface area contributed by atoms with Gasteiger partial charge in [0.25, 0.3) is 0 Å². The van der Waals surface area contributed by atoms with E-state index in [1.54, 1.807) is 0 Å². The third kappa shape index (κ3) is 6.27. The maximum atomic E-state index is 12.6. The van der Waals surface area contributed by atoms with Crippen LogP contribution in [0.2, 0.25) is 5.02 Å². The fourth-order valence-corrected chi connectivity index (χ4v) is 6.55. The predicted molar refractivity (Wildman–Crippen MR) is 167 cm³/mol. The lowest BCUT2D eigenvalue weighted by molar-refractivity contribution is -0.210. The van der Waals surface area contributed by atoms with Crippen molar-refractivity contribution in [1.29, 1.82) is 0 Å². The highest BCUT2D eigenvalue weighted by atomic mass is 35.5. The normalized spacial score (nSPS) is 26.0. The summed E-state index contributed by atoms with van der Waals surface area (Å²) < 4.78 is 25.7. The summed E-state index contributed by atoms with van der Waals surface area (Å²) in [6, 6.07) is 34.2. The van der Waals surface area contributed by atoms with Crippen LogP contribution >= 0.6 is 11.6 Å². The van der Waals surface area contributed by atoms with Gasteiger partial charge in [-0.25, -0.2) is 0 Å². The molecule has 43 heavy (non-hydrogen) atoms. The van der Waals surface area contributed by atoms with Gasteiger partial charge in [0.15, 0.2) is 6.29 Å². The van der Waals surface area contributed by atoms with Gasteiger partial charge in [-0.2, -0.15) is 0 Å². The number of hydrogen-bond acceptors (Lipinski definition) is 5. The maximum Gasteiger partial charge on any atom is 0.152 e. The van der Waals surface area contributed by atoms with E-state index < -0.39 is 17.8 Å². The Labute approximate surface area is 258 Å². The van der Waals surface area contributed by atoms with Crippen molar-refractivity contribution in [3.8, 4) is 5.75 Å². The molecule has 0 bridgehead atoms. The Morgan fingerprint density at radius 2 is 1.44 bits per heavy atom. The molecule has 6 unspecified atom stereocenters. The van der Waals surface area contributed by atoms with E-state index in [2.05, 4.69) is 25.1 Å². The van der Waals surface area contributed by atoms with Gasteiger partial charge in [0.05, 0.1) is 25.9 Å².